The van der Waals surface area contributed by atoms with Gasteiger partial charge in [0.1, 0.15) is 0 Å². The molecule has 1 aliphatic rings. The highest BCUT2D eigenvalue weighted by atomic mass is 35.5. The van der Waals surface area contributed by atoms with Crippen LogP contribution in [-0.2, 0) is 0 Å². The first-order valence-electron chi connectivity index (χ1n) is 8.38. The van der Waals surface area contributed by atoms with Crippen LogP contribution in [0.4, 0.5) is 0 Å². The van der Waals surface area contributed by atoms with Gasteiger partial charge in [0.05, 0.1) is 16.2 Å². The summed E-state index contributed by atoms with van der Waals surface area (Å²) in [6.07, 6.45) is 0. The van der Waals surface area contributed by atoms with E-state index in [0.717, 1.165) is 48.3 Å². The van der Waals surface area contributed by atoms with Crippen LogP contribution in [0.2, 0.25) is 5.02 Å². The first kappa shape index (κ1) is 16.1. The second kappa shape index (κ2) is 6.82. The lowest BCUT2D eigenvalue weighted by Crippen LogP contribution is -2.46. The van der Waals surface area contributed by atoms with Gasteiger partial charge in [0.15, 0.2) is 0 Å². The highest BCUT2D eigenvalue weighted by Crippen LogP contribution is 2.29. The zero-order valence-electron chi connectivity index (χ0n) is 13.7. The predicted molar refractivity (Wildman–Crippen MR) is 101 cm³/mol. The molecule has 0 unspecified atom stereocenters. The molecule has 2 aromatic carbocycles. The van der Waals surface area contributed by atoms with Crippen molar-refractivity contribution in [3.63, 3.8) is 0 Å². The Labute approximate surface area is 151 Å². The van der Waals surface area contributed by atoms with E-state index in [1.165, 1.54) is 0 Å². The van der Waals surface area contributed by atoms with Crippen LogP contribution in [-0.4, -0.2) is 42.0 Å². The van der Waals surface area contributed by atoms with E-state index in [-0.39, 0.29) is 5.91 Å². The average molecular weight is 352 g/mol. The van der Waals surface area contributed by atoms with Crippen molar-refractivity contribution in [2.24, 2.45) is 0 Å². The van der Waals surface area contributed by atoms with E-state index >= 15 is 0 Å². The molecule has 0 spiro atoms. The van der Waals surface area contributed by atoms with E-state index in [2.05, 4.69) is 5.32 Å². The fourth-order valence-electron chi connectivity index (χ4n) is 3.13. The molecular weight excluding hydrogens is 334 g/mol. The van der Waals surface area contributed by atoms with Gasteiger partial charge < -0.3 is 10.2 Å². The highest BCUT2D eigenvalue weighted by molar-refractivity contribution is 6.35. The molecule has 0 radical (unpaired) electrons. The Hall–Kier alpha value is -2.43. The molecule has 0 aliphatic carbocycles. The molecule has 2 heterocycles. The number of nitrogens with one attached hydrogen (secondary N) is 1. The fourth-order valence-corrected chi connectivity index (χ4v) is 3.39. The van der Waals surface area contributed by atoms with Crippen molar-refractivity contribution >= 4 is 28.4 Å². The number of piperazine rings is 1. The molecule has 4 nitrogen and oxygen atoms in total. The van der Waals surface area contributed by atoms with Crippen LogP contribution in [0.15, 0.2) is 54.6 Å². The summed E-state index contributed by atoms with van der Waals surface area (Å²) in [7, 11) is 0. The molecule has 0 atom stereocenters. The van der Waals surface area contributed by atoms with Gasteiger partial charge in [-0.1, -0.05) is 48.0 Å². The van der Waals surface area contributed by atoms with Crippen LogP contribution in [0.25, 0.3) is 22.2 Å². The number of benzene rings is 2. The lowest BCUT2D eigenvalue weighted by atomic mass is 10.1. The molecule has 4 rings (SSSR count). The van der Waals surface area contributed by atoms with Crippen molar-refractivity contribution in [3.8, 4) is 11.3 Å². The van der Waals surface area contributed by atoms with Gasteiger partial charge in [0.25, 0.3) is 5.91 Å². The lowest BCUT2D eigenvalue weighted by molar-refractivity contribution is 0.0736. The molecular formula is C20H18ClN3O. The van der Waals surface area contributed by atoms with Gasteiger partial charge in [-0.25, -0.2) is 4.98 Å². The van der Waals surface area contributed by atoms with Crippen molar-refractivity contribution < 1.29 is 4.79 Å². The first-order valence-corrected chi connectivity index (χ1v) is 8.76. The molecule has 126 valence electrons. The number of fused-ring (bicyclic) bond motifs is 1. The Kier molecular flexibility index (Phi) is 4.38. The third kappa shape index (κ3) is 3.23. The smallest absolute Gasteiger partial charge is 0.254 e. The number of hydrogen-bond donors (Lipinski definition) is 1. The van der Waals surface area contributed by atoms with Crippen LogP contribution < -0.4 is 5.32 Å². The molecule has 5 heteroatoms. The molecule has 1 aliphatic heterocycles. The number of amides is 1. The molecule has 3 aromatic rings. The molecule has 0 bridgehead atoms. The van der Waals surface area contributed by atoms with Gasteiger partial charge in [0.2, 0.25) is 0 Å². The number of pyridine rings is 1. The number of carbonyl (C=O) groups excluding carboxylic acids is 1. The zero-order valence-corrected chi connectivity index (χ0v) is 14.5. The number of rotatable bonds is 2. The minimum Gasteiger partial charge on any atom is -0.336 e. The monoisotopic (exact) mass is 351 g/mol. The third-order valence-corrected chi connectivity index (χ3v) is 4.79. The van der Waals surface area contributed by atoms with Gasteiger partial charge in [-0.15, -0.1) is 0 Å². The average Bonchev–Trinajstić information content (AvgIpc) is 2.68. The minimum atomic E-state index is 0.0476. The van der Waals surface area contributed by atoms with Crippen LogP contribution in [0.5, 0.6) is 0 Å². The summed E-state index contributed by atoms with van der Waals surface area (Å²) in [5, 5.41) is 4.76. The number of halogens is 1. The van der Waals surface area contributed by atoms with Gasteiger partial charge in [-0.2, -0.15) is 0 Å². The maximum Gasteiger partial charge on any atom is 0.254 e. The van der Waals surface area contributed by atoms with Crippen LogP contribution in [0, 0.1) is 0 Å². The first-order chi connectivity index (χ1) is 12.2. The van der Waals surface area contributed by atoms with Gasteiger partial charge in [0, 0.05) is 42.7 Å². The molecule has 0 saturated carbocycles. The Morgan fingerprint density at radius 3 is 2.56 bits per heavy atom. The van der Waals surface area contributed by atoms with E-state index in [4.69, 9.17) is 16.6 Å². The summed E-state index contributed by atoms with van der Waals surface area (Å²) in [5.41, 5.74) is 3.21. The Morgan fingerprint density at radius 1 is 1.04 bits per heavy atom. The number of nitrogens with zero attached hydrogens (tertiary/aromatic N) is 2. The Morgan fingerprint density at radius 2 is 1.80 bits per heavy atom. The highest BCUT2D eigenvalue weighted by Gasteiger charge is 2.18. The summed E-state index contributed by atoms with van der Waals surface area (Å²) < 4.78 is 0. The quantitative estimate of drug-likeness (QED) is 0.767. The Bertz CT molecular complexity index is 921. The number of hydrogen-bond acceptors (Lipinski definition) is 3. The van der Waals surface area contributed by atoms with E-state index in [1.54, 1.807) is 0 Å². The van der Waals surface area contributed by atoms with Crippen molar-refractivity contribution in [3.05, 3.63) is 65.2 Å². The maximum atomic E-state index is 12.7. The molecule has 1 aromatic heterocycles. The van der Waals surface area contributed by atoms with E-state index < -0.39 is 0 Å². The molecule has 1 fully saturated rings. The number of aromatic nitrogens is 1. The van der Waals surface area contributed by atoms with E-state index in [9.17, 15) is 4.79 Å². The van der Waals surface area contributed by atoms with Gasteiger partial charge in [-0.3, -0.25) is 4.79 Å². The number of carbonyl (C=O) groups is 1. The van der Waals surface area contributed by atoms with Crippen molar-refractivity contribution in [2.75, 3.05) is 26.2 Å². The predicted octanol–water partition coefficient (Wildman–Crippen LogP) is 3.60. The summed E-state index contributed by atoms with van der Waals surface area (Å²) in [6.45, 7) is 3.13. The van der Waals surface area contributed by atoms with Crippen molar-refractivity contribution in [1.29, 1.82) is 0 Å². The molecule has 1 saturated heterocycles. The summed E-state index contributed by atoms with van der Waals surface area (Å²) in [5.74, 6) is 0.0476. The van der Waals surface area contributed by atoms with Crippen molar-refractivity contribution in [2.45, 2.75) is 0 Å². The molecule has 1 amide bonds. The van der Waals surface area contributed by atoms with Crippen LogP contribution >= 0.6 is 11.6 Å². The second-order valence-electron chi connectivity index (χ2n) is 6.13. The third-order valence-electron chi connectivity index (χ3n) is 4.48. The molecule has 25 heavy (non-hydrogen) atoms. The van der Waals surface area contributed by atoms with Crippen molar-refractivity contribution in [1.82, 2.24) is 15.2 Å². The normalized spacial score (nSPS) is 14.7. The zero-order chi connectivity index (χ0) is 17.2. The van der Waals surface area contributed by atoms with Gasteiger partial charge >= 0.3 is 0 Å². The largest absolute Gasteiger partial charge is 0.336 e. The summed E-state index contributed by atoms with van der Waals surface area (Å²) in [6, 6.07) is 17.3. The van der Waals surface area contributed by atoms with Gasteiger partial charge in [-0.05, 0) is 18.2 Å². The van der Waals surface area contributed by atoms with E-state index in [1.807, 2.05) is 59.5 Å². The van der Waals surface area contributed by atoms with Crippen LogP contribution in [0.3, 0.4) is 0 Å². The summed E-state index contributed by atoms with van der Waals surface area (Å²) >= 11 is 6.45. The second-order valence-corrected chi connectivity index (χ2v) is 6.54. The molecule has 1 N–H and O–H groups in total. The van der Waals surface area contributed by atoms with E-state index in [0.29, 0.717) is 10.6 Å². The lowest BCUT2D eigenvalue weighted by Gasteiger charge is -2.27. The fraction of sp³-hybridized carbons (Fsp3) is 0.200. The minimum absolute atomic E-state index is 0.0476. The topological polar surface area (TPSA) is 45.2 Å². The SMILES string of the molecule is O=C(c1ccc2c(Cl)cc(-c3ccccc3)nc2c1)N1CCNCC1. The van der Waals surface area contributed by atoms with Crippen LogP contribution in [0.1, 0.15) is 10.4 Å². The standard InChI is InChI=1S/C20H18ClN3O/c21-17-13-18(14-4-2-1-3-5-14)23-19-12-15(6-7-16(17)19)20(25)24-10-8-22-9-11-24/h1-7,12-13,22H,8-11H2. The Balaban J connectivity index is 1.75. The summed E-state index contributed by atoms with van der Waals surface area (Å²) in [4.78, 5) is 19.3. The maximum absolute atomic E-state index is 12.7.